The predicted molar refractivity (Wildman–Crippen MR) is 136 cm³/mol. The van der Waals surface area contributed by atoms with E-state index in [2.05, 4.69) is 72.8 Å². The number of aromatic nitrogens is 2. The van der Waals surface area contributed by atoms with Gasteiger partial charge in [0.15, 0.2) is 5.11 Å². The van der Waals surface area contributed by atoms with Crippen molar-refractivity contribution in [2.75, 3.05) is 13.2 Å². The van der Waals surface area contributed by atoms with Crippen LogP contribution in [-0.4, -0.2) is 38.8 Å². The number of pyridine rings is 1. The Labute approximate surface area is 201 Å². The Hall–Kier alpha value is -2.70. The van der Waals surface area contributed by atoms with Gasteiger partial charge in [-0.15, -0.1) is 0 Å². The Balaban J connectivity index is 1.61. The minimum atomic E-state index is -0.00680. The first-order chi connectivity index (χ1) is 15.9. The summed E-state index contributed by atoms with van der Waals surface area (Å²) in [6.07, 6.45) is 4.28. The van der Waals surface area contributed by atoms with Crippen LogP contribution in [-0.2, 0) is 4.74 Å². The predicted octanol–water partition coefficient (Wildman–Crippen LogP) is 5.26. The summed E-state index contributed by atoms with van der Waals surface area (Å²) in [7, 11) is 0. The van der Waals surface area contributed by atoms with Crippen molar-refractivity contribution in [3.8, 4) is 5.69 Å². The van der Waals surface area contributed by atoms with Gasteiger partial charge >= 0.3 is 0 Å². The highest BCUT2D eigenvalue weighted by Crippen LogP contribution is 2.42. The average molecular weight is 461 g/mol. The van der Waals surface area contributed by atoms with Gasteiger partial charge in [0.1, 0.15) is 0 Å². The zero-order valence-electron chi connectivity index (χ0n) is 19.8. The minimum Gasteiger partial charge on any atom is -0.376 e. The molecule has 2 aliphatic rings. The molecule has 2 saturated heterocycles. The molecule has 33 heavy (non-hydrogen) atoms. The quantitative estimate of drug-likeness (QED) is 0.526. The summed E-state index contributed by atoms with van der Waals surface area (Å²) < 4.78 is 8.38. The van der Waals surface area contributed by atoms with Crippen LogP contribution < -0.4 is 5.32 Å². The summed E-state index contributed by atoms with van der Waals surface area (Å²) >= 11 is 5.87. The summed E-state index contributed by atoms with van der Waals surface area (Å²) in [6.45, 7) is 10.4. The first-order valence-electron chi connectivity index (χ1n) is 11.8. The fourth-order valence-corrected chi connectivity index (χ4v) is 5.68. The molecule has 1 aromatic carbocycles. The van der Waals surface area contributed by atoms with Gasteiger partial charge in [-0.2, -0.15) is 0 Å². The fraction of sp³-hybridized carbons (Fsp3) is 0.407. The Morgan fingerprint density at radius 3 is 2.70 bits per heavy atom. The maximum Gasteiger partial charge on any atom is 0.170 e. The van der Waals surface area contributed by atoms with Crippen LogP contribution in [0.5, 0.6) is 0 Å². The maximum atomic E-state index is 6.00. The third kappa shape index (κ3) is 4.06. The molecule has 3 aromatic rings. The van der Waals surface area contributed by atoms with Crippen LogP contribution in [0.1, 0.15) is 58.7 Å². The van der Waals surface area contributed by atoms with E-state index in [1.165, 1.54) is 33.8 Å². The topological polar surface area (TPSA) is 42.3 Å². The first-order valence-corrected chi connectivity index (χ1v) is 12.2. The molecule has 0 radical (unpaired) electrons. The monoisotopic (exact) mass is 460 g/mol. The molecule has 0 spiro atoms. The van der Waals surface area contributed by atoms with Crippen molar-refractivity contribution in [1.29, 1.82) is 0 Å². The molecule has 0 amide bonds. The van der Waals surface area contributed by atoms with E-state index in [0.717, 1.165) is 36.8 Å². The molecule has 5 nitrogen and oxygen atoms in total. The van der Waals surface area contributed by atoms with Gasteiger partial charge in [0, 0.05) is 36.4 Å². The molecule has 0 saturated carbocycles. The van der Waals surface area contributed by atoms with Crippen molar-refractivity contribution < 1.29 is 4.74 Å². The summed E-state index contributed by atoms with van der Waals surface area (Å²) in [6, 6.07) is 15.1. The smallest absolute Gasteiger partial charge is 0.170 e. The van der Waals surface area contributed by atoms with Gasteiger partial charge in [0.25, 0.3) is 0 Å². The highest BCUT2D eigenvalue weighted by atomic mass is 32.1. The Morgan fingerprint density at radius 2 is 1.97 bits per heavy atom. The number of aryl methyl sites for hydroxylation is 3. The van der Waals surface area contributed by atoms with Crippen molar-refractivity contribution in [1.82, 2.24) is 19.8 Å². The minimum absolute atomic E-state index is 0.00680. The number of nitrogens with zero attached hydrogens (tertiary/aromatic N) is 3. The van der Waals surface area contributed by atoms with E-state index in [4.69, 9.17) is 21.9 Å². The van der Waals surface area contributed by atoms with Crippen molar-refractivity contribution in [3.05, 3.63) is 82.4 Å². The van der Waals surface area contributed by atoms with Crippen LogP contribution in [0, 0.1) is 27.7 Å². The SMILES string of the molecule is Cc1ccc(C)c(-n2c(C)cc(C3C(c4ccccn4)NC(=S)N3CC3CCCO3)c2C)c1. The van der Waals surface area contributed by atoms with Crippen molar-refractivity contribution in [2.45, 2.75) is 58.7 Å². The van der Waals surface area contributed by atoms with E-state index in [-0.39, 0.29) is 18.2 Å². The molecule has 1 N–H and O–H groups in total. The second-order valence-corrected chi connectivity index (χ2v) is 9.75. The third-order valence-electron chi connectivity index (χ3n) is 7.02. The van der Waals surface area contributed by atoms with Gasteiger partial charge in [-0.3, -0.25) is 4.98 Å². The average Bonchev–Trinajstić information content (AvgIpc) is 3.50. The van der Waals surface area contributed by atoms with Crippen LogP contribution in [0.3, 0.4) is 0 Å². The van der Waals surface area contributed by atoms with Crippen molar-refractivity contribution in [2.24, 2.45) is 0 Å². The van der Waals surface area contributed by atoms with Gasteiger partial charge in [0.05, 0.1) is 23.9 Å². The van der Waals surface area contributed by atoms with E-state index in [1.807, 2.05) is 18.3 Å². The van der Waals surface area contributed by atoms with Crippen molar-refractivity contribution >= 4 is 17.3 Å². The summed E-state index contributed by atoms with van der Waals surface area (Å²) in [5.74, 6) is 0. The molecular formula is C27H32N4OS. The van der Waals surface area contributed by atoms with E-state index in [9.17, 15) is 0 Å². The van der Waals surface area contributed by atoms with Crippen LogP contribution in [0.25, 0.3) is 5.69 Å². The Morgan fingerprint density at radius 1 is 1.12 bits per heavy atom. The highest BCUT2D eigenvalue weighted by Gasteiger charge is 2.42. The molecule has 3 atom stereocenters. The zero-order chi connectivity index (χ0) is 23.1. The standard InChI is InChI=1S/C27H32N4OS/c1-17-10-11-18(2)24(14-17)31-19(3)15-22(20(31)4)26-25(23-9-5-6-12-28-23)29-27(33)30(26)16-21-8-7-13-32-21/h5-6,9-12,14-15,21,25-26H,7-8,13,16H2,1-4H3,(H,29,33). The largest absolute Gasteiger partial charge is 0.376 e. The first kappa shape index (κ1) is 22.1. The van der Waals surface area contributed by atoms with Crippen LogP contribution in [0.15, 0.2) is 48.7 Å². The number of ether oxygens (including phenoxy) is 1. The maximum absolute atomic E-state index is 6.00. The number of rotatable bonds is 5. The lowest BCUT2D eigenvalue weighted by molar-refractivity contribution is 0.0842. The Kier molecular flexibility index (Phi) is 5.97. The molecule has 2 aliphatic heterocycles. The molecule has 5 rings (SSSR count). The molecule has 6 heteroatoms. The van der Waals surface area contributed by atoms with E-state index >= 15 is 0 Å². The molecule has 0 aliphatic carbocycles. The fourth-order valence-electron chi connectivity index (χ4n) is 5.37. The van der Waals surface area contributed by atoms with Gasteiger partial charge in [-0.25, -0.2) is 0 Å². The number of nitrogens with one attached hydrogen (secondary N) is 1. The lowest BCUT2D eigenvalue weighted by atomic mass is 9.96. The van der Waals surface area contributed by atoms with Gasteiger partial charge in [-0.05, 0) is 93.7 Å². The summed E-state index contributed by atoms with van der Waals surface area (Å²) in [5.41, 5.74) is 8.54. The molecule has 2 fully saturated rings. The Bertz CT molecular complexity index is 1170. The van der Waals surface area contributed by atoms with Gasteiger partial charge < -0.3 is 19.5 Å². The number of hydrogen-bond acceptors (Lipinski definition) is 3. The highest BCUT2D eigenvalue weighted by molar-refractivity contribution is 7.80. The summed E-state index contributed by atoms with van der Waals surface area (Å²) in [5, 5.41) is 4.37. The summed E-state index contributed by atoms with van der Waals surface area (Å²) in [4.78, 5) is 7.03. The normalized spacial score (nSPS) is 22.7. The van der Waals surface area contributed by atoms with Crippen LogP contribution in [0.4, 0.5) is 0 Å². The second kappa shape index (κ2) is 8.92. The number of benzene rings is 1. The van der Waals surface area contributed by atoms with Crippen molar-refractivity contribution in [3.63, 3.8) is 0 Å². The zero-order valence-corrected chi connectivity index (χ0v) is 20.7. The third-order valence-corrected chi connectivity index (χ3v) is 7.37. The second-order valence-electron chi connectivity index (χ2n) is 9.37. The molecule has 172 valence electrons. The van der Waals surface area contributed by atoms with Crippen LogP contribution >= 0.6 is 12.2 Å². The molecule has 2 aromatic heterocycles. The van der Waals surface area contributed by atoms with Gasteiger partial charge in [0.2, 0.25) is 0 Å². The number of hydrogen-bond donors (Lipinski definition) is 1. The molecule has 0 bridgehead atoms. The lowest BCUT2D eigenvalue weighted by Crippen LogP contribution is -2.36. The van der Waals surface area contributed by atoms with Gasteiger partial charge in [-0.1, -0.05) is 18.2 Å². The molecular weight excluding hydrogens is 428 g/mol. The number of thiocarbonyl (C=S) groups is 1. The van der Waals surface area contributed by atoms with E-state index in [1.54, 1.807) is 0 Å². The molecule has 4 heterocycles. The van der Waals surface area contributed by atoms with E-state index < -0.39 is 0 Å². The van der Waals surface area contributed by atoms with Crippen LogP contribution in [0.2, 0.25) is 0 Å². The lowest BCUT2D eigenvalue weighted by Gasteiger charge is -2.30. The molecule has 3 unspecified atom stereocenters. The van der Waals surface area contributed by atoms with E-state index in [0.29, 0.717) is 0 Å².